The van der Waals surface area contributed by atoms with Crippen LogP contribution in [0.1, 0.15) is 20.3 Å². The second-order valence-corrected chi connectivity index (χ2v) is 9.75. The van der Waals surface area contributed by atoms with Gasteiger partial charge in [0.2, 0.25) is 5.91 Å². The van der Waals surface area contributed by atoms with E-state index in [0.29, 0.717) is 17.1 Å². The summed E-state index contributed by atoms with van der Waals surface area (Å²) >= 11 is 1.51. The van der Waals surface area contributed by atoms with E-state index in [1.54, 1.807) is 43.3 Å². The lowest BCUT2D eigenvalue weighted by Crippen LogP contribution is -2.33. The molecule has 30 heavy (non-hydrogen) atoms. The molecule has 0 saturated carbocycles. The molecule has 0 aliphatic carbocycles. The van der Waals surface area contributed by atoms with Crippen LogP contribution in [0.25, 0.3) is 0 Å². The number of sulfonamides is 1. The molecule has 0 saturated heterocycles. The van der Waals surface area contributed by atoms with Crippen LogP contribution in [0.5, 0.6) is 0 Å². The Morgan fingerprint density at radius 3 is 2.67 bits per heavy atom. The molecule has 3 rings (SSSR count). The highest BCUT2D eigenvalue weighted by molar-refractivity contribution is 7.99. The second-order valence-electron chi connectivity index (χ2n) is 6.83. The van der Waals surface area contributed by atoms with Crippen molar-refractivity contribution in [3.63, 3.8) is 0 Å². The summed E-state index contributed by atoms with van der Waals surface area (Å²) in [4.78, 5) is 24.9. The molecule has 0 spiro atoms. The zero-order valence-electron chi connectivity index (χ0n) is 16.8. The maximum absolute atomic E-state index is 13.5. The van der Waals surface area contributed by atoms with Gasteiger partial charge in [0, 0.05) is 23.1 Å². The monoisotopic (exact) mass is 448 g/mol. The zero-order chi connectivity index (χ0) is 21.7. The molecule has 2 aromatic rings. The largest absolute Gasteiger partial charge is 0.466 e. The fourth-order valence-corrected chi connectivity index (χ4v) is 5.48. The molecule has 0 aromatic heterocycles. The SMILES string of the molecule is CCOC(=O)CCN(c1ccccc1)S(=O)(=O)c1ccc2c(c1)NC(=O)C(C)CS2. The third-order valence-electron chi connectivity index (χ3n) is 4.60. The quantitative estimate of drug-likeness (QED) is 0.652. The summed E-state index contributed by atoms with van der Waals surface area (Å²) in [6.07, 6.45) is -0.0724. The maximum atomic E-state index is 13.5. The number of fused-ring (bicyclic) bond motifs is 1. The van der Waals surface area contributed by atoms with Crippen molar-refractivity contribution in [3.05, 3.63) is 48.5 Å². The summed E-state index contributed by atoms with van der Waals surface area (Å²) in [7, 11) is -3.98. The first-order valence-corrected chi connectivity index (χ1v) is 12.1. The van der Waals surface area contributed by atoms with Gasteiger partial charge in [0.25, 0.3) is 10.0 Å². The number of amides is 1. The number of ether oxygens (including phenoxy) is 1. The molecule has 7 nitrogen and oxygen atoms in total. The highest BCUT2D eigenvalue weighted by Gasteiger charge is 2.28. The second kappa shape index (κ2) is 9.53. The minimum atomic E-state index is -3.98. The Bertz CT molecular complexity index is 1020. The van der Waals surface area contributed by atoms with Crippen molar-refractivity contribution in [2.45, 2.75) is 30.1 Å². The first-order chi connectivity index (χ1) is 14.3. The Hall–Kier alpha value is -2.52. The van der Waals surface area contributed by atoms with Crippen LogP contribution in [0.2, 0.25) is 0 Å². The van der Waals surface area contributed by atoms with E-state index < -0.39 is 16.0 Å². The van der Waals surface area contributed by atoms with E-state index in [4.69, 9.17) is 4.74 Å². The molecule has 0 radical (unpaired) electrons. The van der Waals surface area contributed by atoms with E-state index >= 15 is 0 Å². The molecule has 1 aliphatic rings. The number of carbonyl (C=O) groups is 2. The van der Waals surface area contributed by atoms with E-state index in [-0.39, 0.29) is 36.3 Å². The van der Waals surface area contributed by atoms with E-state index in [9.17, 15) is 18.0 Å². The van der Waals surface area contributed by atoms with Gasteiger partial charge in [-0.1, -0.05) is 25.1 Å². The third-order valence-corrected chi connectivity index (χ3v) is 7.76. The highest BCUT2D eigenvalue weighted by atomic mass is 32.2. The van der Waals surface area contributed by atoms with Gasteiger partial charge in [-0.15, -0.1) is 11.8 Å². The van der Waals surface area contributed by atoms with Crippen LogP contribution in [0, 0.1) is 5.92 Å². The van der Waals surface area contributed by atoms with E-state index in [1.807, 2.05) is 6.92 Å². The Balaban J connectivity index is 1.96. The lowest BCUT2D eigenvalue weighted by Gasteiger charge is -2.24. The van der Waals surface area contributed by atoms with Gasteiger partial charge in [-0.25, -0.2) is 8.42 Å². The molecule has 1 aliphatic heterocycles. The molecule has 1 atom stereocenters. The van der Waals surface area contributed by atoms with E-state index in [2.05, 4.69) is 5.32 Å². The summed E-state index contributed by atoms with van der Waals surface area (Å²) in [5.74, 6) is -0.153. The standard InChI is InChI=1S/C21H24N2O5S2/c1-3-28-20(24)11-12-23(16-7-5-4-6-8-16)30(26,27)17-9-10-19-18(13-17)22-21(25)15(2)14-29-19/h4-10,13,15H,3,11-12,14H2,1-2H3,(H,22,25). The average Bonchev–Trinajstić information content (AvgIpc) is 2.87. The molecule has 1 heterocycles. The molecule has 1 N–H and O–H groups in total. The summed E-state index contributed by atoms with van der Waals surface area (Å²) in [6, 6.07) is 13.3. The maximum Gasteiger partial charge on any atom is 0.307 e. The van der Waals surface area contributed by atoms with Gasteiger partial charge in [0.1, 0.15) is 0 Å². The van der Waals surface area contributed by atoms with E-state index in [0.717, 1.165) is 4.90 Å². The smallest absolute Gasteiger partial charge is 0.307 e. The minimum absolute atomic E-state index is 0.0458. The lowest BCUT2D eigenvalue weighted by atomic mass is 10.2. The van der Waals surface area contributed by atoms with E-state index in [1.165, 1.54) is 28.2 Å². The number of hydrogen-bond acceptors (Lipinski definition) is 6. The molecule has 0 bridgehead atoms. The van der Waals surface area contributed by atoms with Crippen molar-refractivity contribution in [2.24, 2.45) is 5.92 Å². The van der Waals surface area contributed by atoms with Crippen LogP contribution in [-0.2, 0) is 24.3 Å². The summed E-state index contributed by atoms with van der Waals surface area (Å²) in [5.41, 5.74) is 0.928. The fourth-order valence-electron chi connectivity index (χ4n) is 2.98. The Kier molecular flexibility index (Phi) is 7.04. The van der Waals surface area contributed by atoms with Crippen LogP contribution in [0.15, 0.2) is 58.3 Å². The predicted octanol–water partition coefficient (Wildman–Crippen LogP) is 3.52. The molecule has 9 heteroatoms. The number of para-hydroxylation sites is 1. The van der Waals surface area contributed by atoms with Gasteiger partial charge < -0.3 is 10.1 Å². The number of thioether (sulfide) groups is 1. The molecular formula is C21H24N2O5S2. The predicted molar refractivity (Wildman–Crippen MR) is 117 cm³/mol. The number of nitrogens with one attached hydrogen (secondary N) is 1. The number of esters is 1. The Labute approximate surface area is 180 Å². The van der Waals surface area contributed by atoms with Gasteiger partial charge >= 0.3 is 5.97 Å². The van der Waals surface area contributed by atoms with Crippen molar-refractivity contribution < 1.29 is 22.7 Å². The summed E-state index contributed by atoms with van der Waals surface area (Å²) in [6.45, 7) is 3.71. The molecule has 1 unspecified atom stereocenters. The van der Waals surface area contributed by atoms with Crippen molar-refractivity contribution in [1.82, 2.24) is 0 Å². The zero-order valence-corrected chi connectivity index (χ0v) is 18.5. The third kappa shape index (κ3) is 4.96. The first-order valence-electron chi connectivity index (χ1n) is 9.64. The molecular weight excluding hydrogens is 424 g/mol. The van der Waals surface area contributed by atoms with Crippen LogP contribution in [0.3, 0.4) is 0 Å². The number of carbonyl (C=O) groups excluding carboxylic acids is 2. The van der Waals surface area contributed by atoms with Gasteiger partial charge in [0.15, 0.2) is 0 Å². The molecule has 160 valence electrons. The number of benzene rings is 2. The number of rotatable bonds is 7. The molecule has 1 amide bonds. The topological polar surface area (TPSA) is 92.8 Å². The summed E-state index contributed by atoms with van der Waals surface area (Å²) < 4.78 is 33.1. The van der Waals surface area contributed by atoms with Crippen LogP contribution >= 0.6 is 11.8 Å². The van der Waals surface area contributed by atoms with Gasteiger partial charge in [0.05, 0.1) is 29.3 Å². The number of anilines is 2. The molecule has 2 aromatic carbocycles. The Morgan fingerprint density at radius 1 is 1.23 bits per heavy atom. The normalized spacial score (nSPS) is 16.2. The van der Waals surface area contributed by atoms with Crippen molar-refractivity contribution in [2.75, 3.05) is 28.5 Å². The van der Waals surface area contributed by atoms with Crippen LogP contribution in [0.4, 0.5) is 11.4 Å². The van der Waals surface area contributed by atoms with Crippen molar-refractivity contribution in [3.8, 4) is 0 Å². The fraction of sp³-hybridized carbons (Fsp3) is 0.333. The first kappa shape index (κ1) is 22.2. The van der Waals surface area contributed by atoms with Gasteiger partial charge in [-0.05, 0) is 37.3 Å². The van der Waals surface area contributed by atoms with Gasteiger partial charge in [-0.2, -0.15) is 0 Å². The van der Waals surface area contributed by atoms with Crippen LogP contribution < -0.4 is 9.62 Å². The lowest BCUT2D eigenvalue weighted by molar-refractivity contribution is -0.142. The minimum Gasteiger partial charge on any atom is -0.466 e. The summed E-state index contributed by atoms with van der Waals surface area (Å²) in [5, 5.41) is 2.81. The molecule has 0 fully saturated rings. The van der Waals surface area contributed by atoms with Crippen molar-refractivity contribution in [1.29, 1.82) is 0 Å². The number of nitrogens with zero attached hydrogens (tertiary/aromatic N) is 1. The van der Waals surface area contributed by atoms with Gasteiger partial charge in [-0.3, -0.25) is 13.9 Å². The van der Waals surface area contributed by atoms with Crippen LogP contribution in [-0.4, -0.2) is 39.2 Å². The van der Waals surface area contributed by atoms with Crippen molar-refractivity contribution >= 4 is 45.0 Å². The Morgan fingerprint density at radius 2 is 1.97 bits per heavy atom. The highest BCUT2D eigenvalue weighted by Crippen LogP contribution is 2.35. The average molecular weight is 449 g/mol. The number of hydrogen-bond donors (Lipinski definition) is 1.